The second-order valence-corrected chi connectivity index (χ2v) is 9.77. The molecule has 1 amide bonds. The van der Waals surface area contributed by atoms with E-state index in [1.807, 2.05) is 49.4 Å². The lowest BCUT2D eigenvalue weighted by atomic mass is 10.1. The molecular weight excluding hydrogens is 464 g/mol. The first-order valence-electron chi connectivity index (χ1n) is 11.2. The minimum Gasteiger partial charge on any atom is -0.480 e. The molecule has 0 aliphatic heterocycles. The van der Waals surface area contributed by atoms with Crippen LogP contribution in [0.3, 0.4) is 0 Å². The number of carbonyl (C=O) groups is 1. The Labute approximate surface area is 204 Å². The van der Waals surface area contributed by atoms with Gasteiger partial charge in [0.05, 0.1) is 4.90 Å². The van der Waals surface area contributed by atoms with Crippen LogP contribution in [0.1, 0.15) is 24.7 Å². The molecule has 9 heteroatoms. The van der Waals surface area contributed by atoms with Gasteiger partial charge in [0.1, 0.15) is 5.75 Å². The van der Waals surface area contributed by atoms with Crippen molar-refractivity contribution in [2.45, 2.75) is 38.2 Å². The van der Waals surface area contributed by atoms with E-state index in [1.165, 1.54) is 24.3 Å². The van der Waals surface area contributed by atoms with Crippen LogP contribution < -0.4 is 14.8 Å². The number of aryl methyl sites for hydroxylation is 2. The summed E-state index contributed by atoms with van der Waals surface area (Å²) in [5, 5.41) is 4.75. The molecule has 0 spiro atoms. The van der Waals surface area contributed by atoms with Crippen molar-refractivity contribution < 1.29 is 17.9 Å². The van der Waals surface area contributed by atoms with Crippen molar-refractivity contribution in [1.82, 2.24) is 9.97 Å². The molecule has 2 N–H and O–H groups in total. The lowest BCUT2D eigenvalue weighted by molar-refractivity contribution is -0.122. The average Bonchev–Trinajstić information content (AvgIpc) is 2.82. The number of ether oxygens (including phenoxy) is 1. The molecule has 1 aromatic heterocycles. The monoisotopic (exact) mass is 490 g/mol. The molecule has 0 saturated heterocycles. The maximum atomic E-state index is 12.9. The highest BCUT2D eigenvalue weighted by Gasteiger charge is 2.21. The number of benzene rings is 3. The summed E-state index contributed by atoms with van der Waals surface area (Å²) < 4.78 is 33.9. The molecule has 4 rings (SSSR count). The molecule has 1 atom stereocenters. The summed E-state index contributed by atoms with van der Waals surface area (Å²) in [6.45, 7) is 5.39. The Morgan fingerprint density at radius 3 is 2.29 bits per heavy atom. The Hall–Kier alpha value is -3.98. The number of rotatable bonds is 8. The van der Waals surface area contributed by atoms with Crippen LogP contribution in [0.2, 0.25) is 0 Å². The normalized spacial score (nSPS) is 12.2. The third kappa shape index (κ3) is 5.75. The predicted octanol–water partition coefficient (Wildman–Crippen LogP) is 4.84. The van der Waals surface area contributed by atoms with Crippen molar-refractivity contribution in [1.29, 1.82) is 0 Å². The fourth-order valence-corrected chi connectivity index (χ4v) is 4.61. The number of hydrogen-bond acceptors (Lipinski definition) is 6. The van der Waals surface area contributed by atoms with E-state index in [1.54, 1.807) is 19.9 Å². The lowest BCUT2D eigenvalue weighted by Crippen LogP contribution is -2.32. The third-order valence-electron chi connectivity index (χ3n) is 5.32. The van der Waals surface area contributed by atoms with E-state index in [2.05, 4.69) is 20.0 Å². The highest BCUT2D eigenvalue weighted by atomic mass is 32.2. The van der Waals surface area contributed by atoms with Crippen molar-refractivity contribution in [3.8, 4) is 5.75 Å². The smallest absolute Gasteiger partial charge is 0.265 e. The molecule has 1 heterocycles. The summed E-state index contributed by atoms with van der Waals surface area (Å²) in [7, 11) is -3.89. The van der Waals surface area contributed by atoms with Gasteiger partial charge in [0.2, 0.25) is 5.95 Å². The molecular formula is C26H26N4O4S. The number of sulfonamides is 1. The van der Waals surface area contributed by atoms with Gasteiger partial charge in [0, 0.05) is 22.5 Å². The number of anilines is 2. The van der Waals surface area contributed by atoms with Crippen LogP contribution in [0, 0.1) is 13.8 Å². The zero-order valence-electron chi connectivity index (χ0n) is 19.6. The molecule has 0 aliphatic rings. The summed E-state index contributed by atoms with van der Waals surface area (Å²) in [5.74, 6) is 0.320. The molecule has 0 bridgehead atoms. The van der Waals surface area contributed by atoms with Crippen LogP contribution in [-0.4, -0.2) is 30.4 Å². The summed E-state index contributed by atoms with van der Waals surface area (Å²) in [6, 6.07) is 21.1. The number of amides is 1. The van der Waals surface area contributed by atoms with Gasteiger partial charge in [-0.15, -0.1) is 0 Å². The Morgan fingerprint density at radius 1 is 0.943 bits per heavy atom. The van der Waals surface area contributed by atoms with Crippen molar-refractivity contribution in [3.63, 3.8) is 0 Å². The van der Waals surface area contributed by atoms with Gasteiger partial charge in [-0.3, -0.25) is 4.79 Å². The largest absolute Gasteiger partial charge is 0.480 e. The summed E-state index contributed by atoms with van der Waals surface area (Å²) in [5.41, 5.74) is 1.77. The molecule has 35 heavy (non-hydrogen) atoms. The van der Waals surface area contributed by atoms with Crippen molar-refractivity contribution in [2.24, 2.45) is 0 Å². The van der Waals surface area contributed by atoms with Crippen LogP contribution in [0.25, 0.3) is 10.8 Å². The molecule has 0 fully saturated rings. The van der Waals surface area contributed by atoms with Gasteiger partial charge < -0.3 is 10.1 Å². The molecule has 0 aliphatic carbocycles. The SMILES string of the molecule is CC[C@H](Oc1cccc2ccccc12)C(=O)Nc1ccc(S(=O)(=O)Nc2nc(C)cc(C)n2)cc1. The van der Waals surface area contributed by atoms with Gasteiger partial charge in [-0.1, -0.05) is 43.3 Å². The minimum absolute atomic E-state index is 0.0104. The van der Waals surface area contributed by atoms with E-state index < -0.39 is 16.1 Å². The Balaban J connectivity index is 1.45. The highest BCUT2D eigenvalue weighted by Crippen LogP contribution is 2.27. The molecule has 4 aromatic rings. The zero-order chi connectivity index (χ0) is 25.0. The van der Waals surface area contributed by atoms with Crippen molar-refractivity contribution in [3.05, 3.63) is 84.2 Å². The Kier molecular flexibility index (Phi) is 6.97. The van der Waals surface area contributed by atoms with Gasteiger partial charge in [-0.05, 0) is 62.1 Å². The van der Waals surface area contributed by atoms with Crippen LogP contribution in [0.15, 0.2) is 77.7 Å². The average molecular weight is 491 g/mol. The molecule has 8 nitrogen and oxygen atoms in total. The van der Waals surface area contributed by atoms with E-state index in [-0.39, 0.29) is 16.8 Å². The van der Waals surface area contributed by atoms with Gasteiger partial charge in [-0.25, -0.2) is 23.1 Å². The zero-order valence-corrected chi connectivity index (χ0v) is 20.5. The van der Waals surface area contributed by atoms with Gasteiger partial charge >= 0.3 is 0 Å². The number of carbonyl (C=O) groups excluding carboxylic acids is 1. The van der Waals surface area contributed by atoms with Crippen LogP contribution in [0.4, 0.5) is 11.6 Å². The first-order chi connectivity index (χ1) is 16.7. The fourth-order valence-electron chi connectivity index (χ4n) is 3.66. The Morgan fingerprint density at radius 2 is 1.60 bits per heavy atom. The molecule has 3 aromatic carbocycles. The number of nitrogens with one attached hydrogen (secondary N) is 2. The van der Waals surface area contributed by atoms with Gasteiger partial charge in [0.25, 0.3) is 15.9 Å². The summed E-state index contributed by atoms with van der Waals surface area (Å²) >= 11 is 0. The van der Waals surface area contributed by atoms with Gasteiger partial charge in [0.15, 0.2) is 6.10 Å². The predicted molar refractivity (Wildman–Crippen MR) is 136 cm³/mol. The maximum Gasteiger partial charge on any atom is 0.265 e. The van der Waals surface area contributed by atoms with Crippen molar-refractivity contribution in [2.75, 3.05) is 10.0 Å². The Bertz CT molecular complexity index is 1450. The van der Waals surface area contributed by atoms with E-state index in [9.17, 15) is 13.2 Å². The quantitative estimate of drug-likeness (QED) is 0.366. The fraction of sp³-hybridized carbons (Fsp3) is 0.192. The molecule has 0 radical (unpaired) electrons. The van der Waals surface area contributed by atoms with E-state index in [0.29, 0.717) is 29.2 Å². The topological polar surface area (TPSA) is 110 Å². The van der Waals surface area contributed by atoms with Crippen molar-refractivity contribution >= 4 is 38.3 Å². The second-order valence-electron chi connectivity index (χ2n) is 8.09. The van der Waals surface area contributed by atoms with E-state index >= 15 is 0 Å². The van der Waals surface area contributed by atoms with Gasteiger partial charge in [-0.2, -0.15) is 0 Å². The van der Waals surface area contributed by atoms with Crippen LogP contribution in [0.5, 0.6) is 5.75 Å². The highest BCUT2D eigenvalue weighted by molar-refractivity contribution is 7.92. The standard InChI is InChI=1S/C26H26N4O4S/c1-4-23(34-24-11-7-9-19-8-5-6-10-22(19)24)25(31)29-20-12-14-21(15-13-20)35(32,33)30-26-27-17(2)16-18(3)28-26/h5-16,23H,4H2,1-3H3,(H,29,31)(H,27,28,30)/t23-/m0/s1. The first kappa shape index (κ1) is 24.2. The van der Waals surface area contributed by atoms with E-state index in [0.717, 1.165) is 10.8 Å². The van der Waals surface area contributed by atoms with E-state index in [4.69, 9.17) is 4.74 Å². The lowest BCUT2D eigenvalue weighted by Gasteiger charge is -2.18. The number of fused-ring (bicyclic) bond motifs is 1. The number of aromatic nitrogens is 2. The molecule has 180 valence electrons. The maximum absolute atomic E-state index is 12.9. The summed E-state index contributed by atoms with van der Waals surface area (Å²) in [4.78, 5) is 21.1. The molecule has 0 saturated carbocycles. The number of nitrogens with zero attached hydrogens (tertiary/aromatic N) is 2. The summed E-state index contributed by atoms with van der Waals surface area (Å²) in [6.07, 6.45) is -0.256. The van der Waals surface area contributed by atoms with Crippen LogP contribution >= 0.6 is 0 Å². The van der Waals surface area contributed by atoms with Crippen LogP contribution in [-0.2, 0) is 14.8 Å². The second kappa shape index (κ2) is 10.1. The first-order valence-corrected chi connectivity index (χ1v) is 12.6. The molecule has 0 unspecified atom stereocenters. The number of hydrogen-bond donors (Lipinski definition) is 2. The minimum atomic E-state index is -3.89. The third-order valence-corrected chi connectivity index (χ3v) is 6.67.